The molecular formula is C15H21N5O. The quantitative estimate of drug-likeness (QED) is 0.810. The number of aromatic nitrogens is 3. The summed E-state index contributed by atoms with van der Waals surface area (Å²) in [6.07, 6.45) is 4.84. The van der Waals surface area contributed by atoms with Gasteiger partial charge in [0, 0.05) is 11.6 Å². The molecule has 0 aliphatic heterocycles. The minimum absolute atomic E-state index is 0.0290. The number of carbonyl (C=O) groups excluding carboxylic acids is 1. The molecule has 21 heavy (non-hydrogen) atoms. The molecule has 2 aromatic rings. The van der Waals surface area contributed by atoms with Crippen molar-refractivity contribution in [3.63, 3.8) is 0 Å². The van der Waals surface area contributed by atoms with Gasteiger partial charge in [-0.1, -0.05) is 19.1 Å². The van der Waals surface area contributed by atoms with Crippen LogP contribution in [-0.2, 0) is 11.3 Å². The monoisotopic (exact) mass is 287 g/mol. The Morgan fingerprint density at radius 2 is 2.33 bits per heavy atom. The Hall–Kier alpha value is -2.21. The number of carbonyl (C=O) groups is 1. The minimum Gasteiger partial charge on any atom is -0.330 e. The minimum atomic E-state index is -0.0347. The van der Waals surface area contributed by atoms with Gasteiger partial charge in [0.05, 0.1) is 6.54 Å². The third-order valence-corrected chi connectivity index (χ3v) is 3.29. The lowest BCUT2D eigenvalue weighted by atomic mass is 10.0. The summed E-state index contributed by atoms with van der Waals surface area (Å²) in [5.74, 6) is -0.00567. The van der Waals surface area contributed by atoms with E-state index in [-0.39, 0.29) is 11.8 Å². The van der Waals surface area contributed by atoms with Crippen molar-refractivity contribution >= 4 is 11.6 Å². The Labute approximate surface area is 124 Å². The van der Waals surface area contributed by atoms with E-state index in [2.05, 4.69) is 15.4 Å². The summed E-state index contributed by atoms with van der Waals surface area (Å²) in [6, 6.07) is 7.76. The molecule has 3 N–H and O–H groups in total. The van der Waals surface area contributed by atoms with Gasteiger partial charge in [0.2, 0.25) is 5.91 Å². The van der Waals surface area contributed by atoms with Crippen LogP contribution in [0, 0.1) is 5.92 Å². The summed E-state index contributed by atoms with van der Waals surface area (Å²) in [5, 5.41) is 7.02. The summed E-state index contributed by atoms with van der Waals surface area (Å²) in [4.78, 5) is 16.0. The van der Waals surface area contributed by atoms with E-state index >= 15 is 0 Å². The van der Waals surface area contributed by atoms with Crippen LogP contribution in [0.15, 0.2) is 36.9 Å². The number of benzene rings is 1. The molecule has 6 heteroatoms. The van der Waals surface area contributed by atoms with Crippen molar-refractivity contribution in [3.8, 4) is 0 Å². The Bertz CT molecular complexity index is 567. The van der Waals surface area contributed by atoms with Crippen LogP contribution < -0.4 is 11.1 Å². The van der Waals surface area contributed by atoms with Crippen LogP contribution in [0.5, 0.6) is 0 Å². The predicted molar refractivity (Wildman–Crippen MR) is 81.6 cm³/mol. The second-order valence-corrected chi connectivity index (χ2v) is 5.11. The van der Waals surface area contributed by atoms with Crippen LogP contribution in [-0.4, -0.2) is 27.2 Å². The molecule has 0 radical (unpaired) electrons. The lowest BCUT2D eigenvalue weighted by Crippen LogP contribution is -2.21. The Kier molecular flexibility index (Phi) is 5.45. The number of nitrogens with two attached hydrogens (primary N) is 1. The molecule has 0 aliphatic carbocycles. The average molecular weight is 287 g/mol. The highest BCUT2D eigenvalue weighted by atomic mass is 16.1. The lowest BCUT2D eigenvalue weighted by molar-refractivity contribution is -0.119. The molecule has 1 amide bonds. The van der Waals surface area contributed by atoms with E-state index in [4.69, 9.17) is 5.73 Å². The van der Waals surface area contributed by atoms with Gasteiger partial charge in [-0.25, -0.2) is 9.67 Å². The maximum absolute atomic E-state index is 12.1. The molecule has 2 rings (SSSR count). The molecule has 112 valence electrons. The van der Waals surface area contributed by atoms with E-state index < -0.39 is 0 Å². The molecule has 0 bridgehead atoms. The van der Waals surface area contributed by atoms with E-state index in [1.807, 2.05) is 31.2 Å². The van der Waals surface area contributed by atoms with Crippen molar-refractivity contribution in [2.75, 3.05) is 11.9 Å². The zero-order valence-electron chi connectivity index (χ0n) is 12.2. The molecule has 0 aliphatic rings. The summed E-state index contributed by atoms with van der Waals surface area (Å²) >= 11 is 0. The van der Waals surface area contributed by atoms with Crippen molar-refractivity contribution in [3.05, 3.63) is 42.5 Å². The Balaban J connectivity index is 1.96. The number of amides is 1. The summed E-state index contributed by atoms with van der Waals surface area (Å²) in [7, 11) is 0. The maximum atomic E-state index is 12.1. The fourth-order valence-corrected chi connectivity index (χ4v) is 2.07. The lowest BCUT2D eigenvalue weighted by Gasteiger charge is -2.12. The first-order valence-electron chi connectivity index (χ1n) is 7.11. The molecule has 6 nitrogen and oxygen atoms in total. The number of hydrogen-bond donors (Lipinski definition) is 2. The molecule has 0 saturated heterocycles. The number of nitrogens with one attached hydrogen (secondary N) is 1. The zero-order chi connectivity index (χ0) is 15.1. The van der Waals surface area contributed by atoms with Crippen LogP contribution >= 0.6 is 0 Å². The van der Waals surface area contributed by atoms with Crippen LogP contribution in [0.4, 0.5) is 5.69 Å². The third-order valence-electron chi connectivity index (χ3n) is 3.29. The van der Waals surface area contributed by atoms with E-state index in [0.29, 0.717) is 13.1 Å². The third kappa shape index (κ3) is 4.68. The SMILES string of the molecule is CC(CCCN)C(=O)Nc1cccc(Cn2cncn2)c1. The van der Waals surface area contributed by atoms with Gasteiger partial charge >= 0.3 is 0 Å². The highest BCUT2D eigenvalue weighted by Gasteiger charge is 2.12. The second-order valence-electron chi connectivity index (χ2n) is 5.11. The van der Waals surface area contributed by atoms with Gasteiger partial charge < -0.3 is 11.1 Å². The molecule has 1 unspecified atom stereocenters. The van der Waals surface area contributed by atoms with Crippen molar-refractivity contribution in [2.45, 2.75) is 26.3 Å². The molecule has 0 fully saturated rings. The first-order valence-corrected chi connectivity index (χ1v) is 7.11. The highest BCUT2D eigenvalue weighted by molar-refractivity contribution is 5.92. The second kappa shape index (κ2) is 7.54. The molecule has 1 aromatic carbocycles. The van der Waals surface area contributed by atoms with Crippen LogP contribution in [0.3, 0.4) is 0 Å². The van der Waals surface area contributed by atoms with E-state index in [9.17, 15) is 4.79 Å². The number of anilines is 1. The van der Waals surface area contributed by atoms with Gasteiger partial charge in [-0.15, -0.1) is 0 Å². The molecule has 1 aromatic heterocycles. The van der Waals surface area contributed by atoms with Crippen molar-refractivity contribution in [2.24, 2.45) is 11.7 Å². The van der Waals surface area contributed by atoms with Gasteiger partial charge in [0.1, 0.15) is 12.7 Å². The molecule has 1 atom stereocenters. The summed E-state index contributed by atoms with van der Waals surface area (Å²) in [5.41, 5.74) is 7.33. The average Bonchev–Trinajstić information content (AvgIpc) is 2.98. The number of rotatable bonds is 7. The largest absolute Gasteiger partial charge is 0.330 e. The number of nitrogens with zero attached hydrogens (tertiary/aromatic N) is 3. The van der Waals surface area contributed by atoms with E-state index in [1.165, 1.54) is 6.33 Å². The fourth-order valence-electron chi connectivity index (χ4n) is 2.07. The van der Waals surface area contributed by atoms with Gasteiger partial charge in [0.25, 0.3) is 0 Å². The summed E-state index contributed by atoms with van der Waals surface area (Å²) < 4.78 is 1.74. The topological polar surface area (TPSA) is 85.8 Å². The smallest absolute Gasteiger partial charge is 0.227 e. The van der Waals surface area contributed by atoms with Gasteiger partial charge in [-0.3, -0.25) is 4.79 Å². The van der Waals surface area contributed by atoms with Crippen molar-refractivity contribution < 1.29 is 4.79 Å². The van der Waals surface area contributed by atoms with Crippen LogP contribution in [0.2, 0.25) is 0 Å². The van der Waals surface area contributed by atoms with E-state index in [0.717, 1.165) is 24.1 Å². The first kappa shape index (κ1) is 15.2. The van der Waals surface area contributed by atoms with Gasteiger partial charge in [0.15, 0.2) is 0 Å². The molecule has 1 heterocycles. The zero-order valence-corrected chi connectivity index (χ0v) is 12.2. The fraction of sp³-hybridized carbons (Fsp3) is 0.400. The standard InChI is InChI=1S/C15H21N5O/c1-12(4-3-7-16)15(21)19-14-6-2-5-13(8-14)9-20-11-17-10-18-20/h2,5-6,8,10-12H,3-4,7,9,16H2,1H3,(H,19,21). The Morgan fingerprint density at radius 1 is 1.48 bits per heavy atom. The molecule has 0 saturated carbocycles. The Morgan fingerprint density at radius 3 is 3.05 bits per heavy atom. The molecular weight excluding hydrogens is 266 g/mol. The maximum Gasteiger partial charge on any atom is 0.227 e. The predicted octanol–water partition coefficient (Wildman–Crippen LogP) is 1.64. The van der Waals surface area contributed by atoms with Crippen LogP contribution in [0.1, 0.15) is 25.3 Å². The normalized spacial score (nSPS) is 12.1. The first-order chi connectivity index (χ1) is 10.2. The van der Waals surface area contributed by atoms with Crippen molar-refractivity contribution in [1.82, 2.24) is 14.8 Å². The van der Waals surface area contributed by atoms with Crippen molar-refractivity contribution in [1.29, 1.82) is 0 Å². The van der Waals surface area contributed by atoms with E-state index in [1.54, 1.807) is 11.0 Å². The summed E-state index contributed by atoms with van der Waals surface area (Å²) in [6.45, 7) is 3.17. The molecule has 0 spiro atoms. The highest BCUT2D eigenvalue weighted by Crippen LogP contribution is 2.14. The van der Waals surface area contributed by atoms with Gasteiger partial charge in [-0.2, -0.15) is 5.10 Å². The van der Waals surface area contributed by atoms with Gasteiger partial charge in [-0.05, 0) is 37.1 Å². The number of hydrogen-bond acceptors (Lipinski definition) is 4. The van der Waals surface area contributed by atoms with Crippen LogP contribution in [0.25, 0.3) is 0 Å².